The van der Waals surface area contributed by atoms with Gasteiger partial charge in [-0.05, 0) is 37.1 Å². The molecule has 0 saturated carbocycles. The number of phenols is 1. The van der Waals surface area contributed by atoms with Gasteiger partial charge in [0.15, 0.2) is 17.0 Å². The maximum Gasteiger partial charge on any atom is 0.227 e. The van der Waals surface area contributed by atoms with Crippen LogP contribution >= 0.6 is 0 Å². The lowest BCUT2D eigenvalue weighted by atomic mass is 10.1. The van der Waals surface area contributed by atoms with E-state index in [2.05, 4.69) is 32.7 Å². The third-order valence-electron chi connectivity index (χ3n) is 5.73. The predicted molar refractivity (Wildman–Crippen MR) is 132 cm³/mol. The molecule has 178 valence electrons. The van der Waals surface area contributed by atoms with Gasteiger partial charge in [-0.25, -0.2) is 4.98 Å². The SMILES string of the molecule is CCC(Nc1nc(NCc2cc(OC)ccc2O)c2ncn(Cc3ccccc3)c2n1)C(C)O. The lowest BCUT2D eigenvalue weighted by molar-refractivity contribution is 0.169. The van der Waals surface area contributed by atoms with Gasteiger partial charge in [0.05, 0.1) is 32.1 Å². The van der Waals surface area contributed by atoms with Crippen molar-refractivity contribution in [3.8, 4) is 11.5 Å². The topological polar surface area (TPSA) is 117 Å². The van der Waals surface area contributed by atoms with Crippen LogP contribution in [0.15, 0.2) is 54.9 Å². The molecule has 2 aromatic carbocycles. The number of hydrogen-bond donors (Lipinski definition) is 4. The van der Waals surface area contributed by atoms with E-state index >= 15 is 0 Å². The highest BCUT2D eigenvalue weighted by Crippen LogP contribution is 2.26. The zero-order valence-electron chi connectivity index (χ0n) is 19.6. The second-order valence-corrected chi connectivity index (χ2v) is 8.17. The van der Waals surface area contributed by atoms with Gasteiger partial charge >= 0.3 is 0 Å². The Bertz CT molecular complexity index is 1240. The summed E-state index contributed by atoms with van der Waals surface area (Å²) in [5.41, 5.74) is 3.08. The number of aliphatic hydroxyl groups is 1. The van der Waals surface area contributed by atoms with Crippen LogP contribution in [-0.2, 0) is 13.1 Å². The molecule has 2 atom stereocenters. The fourth-order valence-electron chi connectivity index (χ4n) is 3.77. The summed E-state index contributed by atoms with van der Waals surface area (Å²) in [6.45, 7) is 4.66. The Kier molecular flexibility index (Phi) is 7.12. The number of anilines is 2. The normalized spacial score (nSPS) is 12.9. The van der Waals surface area contributed by atoms with Crippen molar-refractivity contribution in [3.63, 3.8) is 0 Å². The Balaban J connectivity index is 1.70. The number of phenolic OH excluding ortho intramolecular Hbond substituents is 1. The van der Waals surface area contributed by atoms with Crippen molar-refractivity contribution in [2.24, 2.45) is 0 Å². The largest absolute Gasteiger partial charge is 0.508 e. The summed E-state index contributed by atoms with van der Waals surface area (Å²) in [5, 5.41) is 26.9. The molecule has 4 rings (SSSR count). The molecule has 34 heavy (non-hydrogen) atoms. The van der Waals surface area contributed by atoms with Crippen LogP contribution in [0.25, 0.3) is 11.2 Å². The van der Waals surface area contributed by atoms with Gasteiger partial charge in [0.25, 0.3) is 0 Å². The average Bonchev–Trinajstić information content (AvgIpc) is 3.25. The molecule has 0 aliphatic heterocycles. The Hall–Kier alpha value is -3.85. The van der Waals surface area contributed by atoms with E-state index in [9.17, 15) is 10.2 Å². The lowest BCUT2D eigenvalue weighted by Crippen LogP contribution is -2.31. The molecule has 9 heteroatoms. The highest BCUT2D eigenvalue weighted by atomic mass is 16.5. The van der Waals surface area contributed by atoms with Gasteiger partial charge in [-0.2, -0.15) is 9.97 Å². The molecule has 2 aromatic heterocycles. The van der Waals surface area contributed by atoms with E-state index in [4.69, 9.17) is 9.72 Å². The van der Waals surface area contributed by atoms with Gasteiger partial charge in [-0.3, -0.25) is 0 Å². The molecular weight excluding hydrogens is 432 g/mol. The Morgan fingerprint density at radius 2 is 1.91 bits per heavy atom. The number of rotatable bonds is 10. The van der Waals surface area contributed by atoms with Crippen molar-refractivity contribution in [3.05, 3.63) is 66.0 Å². The van der Waals surface area contributed by atoms with Crippen LogP contribution in [0.2, 0.25) is 0 Å². The zero-order chi connectivity index (χ0) is 24.1. The summed E-state index contributed by atoms with van der Waals surface area (Å²) in [6.07, 6.45) is 1.89. The smallest absolute Gasteiger partial charge is 0.227 e. The summed E-state index contributed by atoms with van der Waals surface area (Å²) in [5.74, 6) is 1.74. The van der Waals surface area contributed by atoms with Crippen molar-refractivity contribution in [1.82, 2.24) is 19.5 Å². The number of aromatic nitrogens is 4. The highest BCUT2D eigenvalue weighted by Gasteiger charge is 2.18. The van der Waals surface area contributed by atoms with Crippen LogP contribution in [0, 0.1) is 0 Å². The van der Waals surface area contributed by atoms with Gasteiger partial charge in [-0.15, -0.1) is 0 Å². The third-order valence-corrected chi connectivity index (χ3v) is 5.73. The van der Waals surface area contributed by atoms with Crippen LogP contribution < -0.4 is 15.4 Å². The monoisotopic (exact) mass is 462 g/mol. The summed E-state index contributed by atoms with van der Waals surface area (Å²) in [7, 11) is 1.58. The standard InChI is InChI=1S/C25H30N6O3/c1-4-20(16(2)32)28-25-29-23(26-13-18-12-19(34-3)10-11-21(18)33)22-24(30-25)31(15-27-22)14-17-8-6-5-7-9-17/h5-12,15-16,20,32-33H,4,13-14H2,1-3H3,(H2,26,28,29,30). The number of fused-ring (bicyclic) bond motifs is 1. The molecule has 2 unspecified atom stereocenters. The molecule has 4 N–H and O–H groups in total. The van der Waals surface area contributed by atoms with Gasteiger partial charge < -0.3 is 30.2 Å². The van der Waals surface area contributed by atoms with Crippen LogP contribution in [0.5, 0.6) is 11.5 Å². The molecule has 0 spiro atoms. The predicted octanol–water partition coefficient (Wildman–Crippen LogP) is 3.77. The van der Waals surface area contributed by atoms with Crippen LogP contribution in [-0.4, -0.2) is 49.0 Å². The minimum atomic E-state index is -0.566. The van der Waals surface area contributed by atoms with Gasteiger partial charge in [0.2, 0.25) is 5.95 Å². The number of nitrogens with one attached hydrogen (secondary N) is 2. The first-order valence-corrected chi connectivity index (χ1v) is 11.3. The first kappa shape index (κ1) is 23.3. The Labute approximate surface area is 198 Å². The first-order chi connectivity index (χ1) is 16.5. The first-order valence-electron chi connectivity index (χ1n) is 11.3. The molecular formula is C25H30N6O3. The molecule has 0 fully saturated rings. The van der Waals surface area contributed by atoms with Crippen molar-refractivity contribution in [2.75, 3.05) is 17.7 Å². The van der Waals surface area contributed by atoms with Crippen LogP contribution in [0.1, 0.15) is 31.4 Å². The van der Waals surface area contributed by atoms with Crippen molar-refractivity contribution in [2.45, 2.75) is 45.5 Å². The molecule has 0 aliphatic rings. The molecule has 4 aromatic rings. The fourth-order valence-corrected chi connectivity index (χ4v) is 3.77. The Morgan fingerprint density at radius 3 is 2.62 bits per heavy atom. The van der Waals surface area contributed by atoms with Gasteiger partial charge in [0.1, 0.15) is 11.5 Å². The highest BCUT2D eigenvalue weighted by molar-refractivity contribution is 5.84. The number of ether oxygens (including phenoxy) is 1. The molecule has 2 heterocycles. The number of benzene rings is 2. The fraction of sp³-hybridized carbons (Fsp3) is 0.320. The number of aromatic hydroxyl groups is 1. The van der Waals surface area contributed by atoms with Gasteiger partial charge in [0, 0.05) is 12.1 Å². The number of nitrogens with zero attached hydrogens (tertiary/aromatic N) is 4. The van der Waals surface area contributed by atoms with E-state index in [0.717, 1.165) is 5.56 Å². The van der Waals surface area contributed by atoms with E-state index in [0.29, 0.717) is 53.8 Å². The van der Waals surface area contributed by atoms with E-state index in [1.807, 2.05) is 29.7 Å². The van der Waals surface area contributed by atoms with Crippen molar-refractivity contribution in [1.29, 1.82) is 0 Å². The zero-order valence-corrected chi connectivity index (χ0v) is 19.6. The number of methoxy groups -OCH3 is 1. The van der Waals surface area contributed by atoms with E-state index in [1.54, 1.807) is 38.6 Å². The van der Waals surface area contributed by atoms with Crippen molar-refractivity contribution >= 4 is 22.9 Å². The maximum absolute atomic E-state index is 10.3. The summed E-state index contributed by atoms with van der Waals surface area (Å²) in [6, 6.07) is 15.0. The maximum atomic E-state index is 10.3. The van der Waals surface area contributed by atoms with E-state index in [-0.39, 0.29) is 11.8 Å². The van der Waals surface area contributed by atoms with Gasteiger partial charge in [-0.1, -0.05) is 37.3 Å². The summed E-state index contributed by atoms with van der Waals surface area (Å²) >= 11 is 0. The minimum absolute atomic E-state index is 0.159. The van der Waals surface area contributed by atoms with Crippen LogP contribution in [0.4, 0.5) is 11.8 Å². The molecule has 9 nitrogen and oxygen atoms in total. The molecule has 0 saturated heterocycles. The second kappa shape index (κ2) is 10.4. The summed E-state index contributed by atoms with van der Waals surface area (Å²) < 4.78 is 7.24. The van der Waals surface area contributed by atoms with E-state index in [1.165, 1.54) is 0 Å². The third kappa shape index (κ3) is 5.20. The molecule has 0 amide bonds. The Morgan fingerprint density at radius 1 is 1.12 bits per heavy atom. The second-order valence-electron chi connectivity index (χ2n) is 8.17. The number of aliphatic hydroxyl groups excluding tert-OH is 1. The molecule has 0 radical (unpaired) electrons. The molecule has 0 aliphatic carbocycles. The number of hydrogen-bond acceptors (Lipinski definition) is 8. The number of imidazole rings is 1. The van der Waals surface area contributed by atoms with Crippen LogP contribution in [0.3, 0.4) is 0 Å². The lowest BCUT2D eigenvalue weighted by Gasteiger charge is -2.20. The molecule has 0 bridgehead atoms. The van der Waals surface area contributed by atoms with E-state index < -0.39 is 6.10 Å². The minimum Gasteiger partial charge on any atom is -0.508 e. The quantitative estimate of drug-likeness (QED) is 0.281. The van der Waals surface area contributed by atoms with Crippen molar-refractivity contribution < 1.29 is 14.9 Å². The summed E-state index contributed by atoms with van der Waals surface area (Å²) in [4.78, 5) is 13.9. The average molecular weight is 463 g/mol.